The summed E-state index contributed by atoms with van der Waals surface area (Å²) in [5.74, 6) is -6.56. The predicted molar refractivity (Wildman–Crippen MR) is 121 cm³/mol. The lowest BCUT2D eigenvalue weighted by Crippen LogP contribution is -2.30. The molecule has 5 rings (SSSR count). The first-order valence-corrected chi connectivity index (χ1v) is 12.0. The smallest absolute Gasteiger partial charge is 0.429 e. The summed E-state index contributed by atoms with van der Waals surface area (Å²) >= 11 is 0. The first-order chi connectivity index (χ1) is 17.6. The van der Waals surface area contributed by atoms with Gasteiger partial charge in [-0.2, -0.15) is 8.78 Å². The Morgan fingerprint density at radius 2 is 1.43 bits per heavy atom. The van der Waals surface area contributed by atoms with Crippen molar-refractivity contribution in [3.63, 3.8) is 0 Å². The molecule has 1 heterocycles. The van der Waals surface area contributed by atoms with E-state index in [2.05, 4.69) is 4.74 Å². The second kappa shape index (κ2) is 10.0. The molecule has 0 N–H and O–H groups in total. The van der Waals surface area contributed by atoms with E-state index >= 15 is 0 Å². The maximum Gasteiger partial charge on any atom is 0.432 e. The van der Waals surface area contributed by atoms with Crippen LogP contribution in [0, 0.1) is 40.9 Å². The van der Waals surface area contributed by atoms with Gasteiger partial charge in [-0.25, -0.2) is 22.0 Å². The van der Waals surface area contributed by atoms with Gasteiger partial charge >= 0.3 is 6.11 Å². The molecule has 37 heavy (non-hydrogen) atoms. The van der Waals surface area contributed by atoms with Crippen molar-refractivity contribution >= 4 is 0 Å². The van der Waals surface area contributed by atoms with Crippen LogP contribution in [0.1, 0.15) is 49.3 Å². The predicted octanol–water partition coefficient (Wildman–Crippen LogP) is 8.45. The van der Waals surface area contributed by atoms with Gasteiger partial charge in [0.25, 0.3) is 0 Å². The van der Waals surface area contributed by atoms with E-state index in [0.29, 0.717) is 54.3 Å². The van der Waals surface area contributed by atoms with E-state index in [4.69, 9.17) is 4.74 Å². The van der Waals surface area contributed by atoms with Gasteiger partial charge in [-0.05, 0) is 66.1 Å². The number of hydrogen-bond donors (Lipinski definition) is 0. The molecule has 3 aromatic rings. The van der Waals surface area contributed by atoms with Gasteiger partial charge in [0.05, 0.1) is 12.7 Å². The normalized spacial score (nSPS) is 20.5. The molecule has 9 heteroatoms. The van der Waals surface area contributed by atoms with Gasteiger partial charge in [0.2, 0.25) is 0 Å². The first kappa shape index (κ1) is 25.6. The number of benzene rings is 3. The van der Waals surface area contributed by atoms with E-state index in [1.807, 2.05) is 0 Å². The second-order valence-corrected chi connectivity index (χ2v) is 9.60. The largest absolute Gasteiger partial charge is 0.432 e. The fourth-order valence-electron chi connectivity index (χ4n) is 5.03. The van der Waals surface area contributed by atoms with Crippen LogP contribution < -0.4 is 4.74 Å². The van der Waals surface area contributed by atoms with Gasteiger partial charge in [-0.3, -0.25) is 0 Å². The Balaban J connectivity index is 1.34. The third kappa shape index (κ3) is 5.19. The van der Waals surface area contributed by atoms with Gasteiger partial charge in [-0.15, -0.1) is 0 Å². The average molecular weight is 524 g/mol. The SMILES string of the molecule is Fc1ccc(OC(F)(F)c2c(F)cc(-c3ccc(C4CCC(C5CCC5)CO4)cc3F)cc2F)cc1F. The fraction of sp³-hybridized carbons (Fsp3) is 0.357. The van der Waals surface area contributed by atoms with Crippen LogP contribution in [-0.2, 0) is 10.8 Å². The topological polar surface area (TPSA) is 18.5 Å². The number of ether oxygens (including phenoxy) is 2. The zero-order valence-electron chi connectivity index (χ0n) is 19.6. The van der Waals surface area contributed by atoms with Crippen molar-refractivity contribution in [2.24, 2.45) is 11.8 Å². The van der Waals surface area contributed by atoms with Crippen molar-refractivity contribution in [1.82, 2.24) is 0 Å². The van der Waals surface area contributed by atoms with Crippen LogP contribution in [0.25, 0.3) is 11.1 Å². The molecule has 0 amide bonds. The summed E-state index contributed by atoms with van der Waals surface area (Å²) < 4.78 is 110. The summed E-state index contributed by atoms with van der Waals surface area (Å²) in [5, 5.41) is 0. The van der Waals surface area contributed by atoms with Gasteiger partial charge in [0, 0.05) is 11.6 Å². The third-order valence-corrected chi connectivity index (χ3v) is 7.27. The van der Waals surface area contributed by atoms with Crippen LogP contribution in [-0.4, -0.2) is 6.61 Å². The van der Waals surface area contributed by atoms with E-state index in [1.54, 1.807) is 6.07 Å². The molecule has 2 fully saturated rings. The lowest BCUT2D eigenvalue weighted by Gasteiger charge is -2.38. The summed E-state index contributed by atoms with van der Waals surface area (Å²) in [6, 6.07) is 6.85. The Labute approximate surface area is 209 Å². The molecule has 0 spiro atoms. The summed E-state index contributed by atoms with van der Waals surface area (Å²) in [6.45, 7) is 0.609. The molecule has 1 saturated heterocycles. The number of halogens is 7. The van der Waals surface area contributed by atoms with Crippen LogP contribution in [0.3, 0.4) is 0 Å². The Morgan fingerprint density at radius 1 is 0.703 bits per heavy atom. The average Bonchev–Trinajstić information content (AvgIpc) is 2.80. The molecule has 2 aliphatic rings. The highest BCUT2D eigenvalue weighted by molar-refractivity contribution is 5.65. The lowest BCUT2D eigenvalue weighted by atomic mass is 9.73. The molecule has 3 aromatic carbocycles. The maximum atomic E-state index is 15.0. The molecule has 1 aliphatic heterocycles. The van der Waals surface area contributed by atoms with E-state index in [9.17, 15) is 30.7 Å². The summed E-state index contributed by atoms with van der Waals surface area (Å²) in [4.78, 5) is 0. The van der Waals surface area contributed by atoms with Gasteiger partial charge < -0.3 is 9.47 Å². The highest BCUT2D eigenvalue weighted by Crippen LogP contribution is 2.42. The van der Waals surface area contributed by atoms with Crippen molar-refractivity contribution in [2.45, 2.75) is 44.3 Å². The van der Waals surface area contributed by atoms with E-state index in [-0.39, 0.29) is 17.2 Å². The Hall–Kier alpha value is -3.07. The van der Waals surface area contributed by atoms with Gasteiger partial charge in [-0.1, -0.05) is 31.4 Å². The number of hydrogen-bond acceptors (Lipinski definition) is 2. The molecule has 1 saturated carbocycles. The molecule has 0 bridgehead atoms. The highest BCUT2D eigenvalue weighted by atomic mass is 19.3. The Bertz CT molecular complexity index is 1270. The molecular formula is C28H23F7O2. The van der Waals surface area contributed by atoms with Crippen LogP contribution in [0.5, 0.6) is 5.75 Å². The van der Waals surface area contributed by atoms with Crippen LogP contribution in [0.15, 0.2) is 48.5 Å². The van der Waals surface area contributed by atoms with E-state index in [1.165, 1.54) is 31.4 Å². The fourth-order valence-corrected chi connectivity index (χ4v) is 5.03. The summed E-state index contributed by atoms with van der Waals surface area (Å²) in [7, 11) is 0. The lowest BCUT2D eigenvalue weighted by molar-refractivity contribution is -0.189. The van der Waals surface area contributed by atoms with Crippen molar-refractivity contribution in [1.29, 1.82) is 0 Å². The molecule has 2 nitrogen and oxygen atoms in total. The molecule has 1 aliphatic carbocycles. The van der Waals surface area contributed by atoms with Crippen LogP contribution >= 0.6 is 0 Å². The number of alkyl halides is 2. The molecule has 2 unspecified atom stereocenters. The summed E-state index contributed by atoms with van der Waals surface area (Å²) in [5.41, 5.74) is -1.62. The van der Waals surface area contributed by atoms with Crippen molar-refractivity contribution in [3.8, 4) is 16.9 Å². The minimum absolute atomic E-state index is 0.180. The molecule has 196 valence electrons. The monoisotopic (exact) mass is 524 g/mol. The second-order valence-electron chi connectivity index (χ2n) is 9.60. The molecule has 0 aromatic heterocycles. The van der Waals surface area contributed by atoms with E-state index < -0.39 is 46.5 Å². The standard InChI is InChI=1S/C28H23F7O2/c29-21-8-6-19(13-23(21)31)37-28(34,35)27-24(32)11-18(12-25(27)33)20-7-4-16(10-22(20)30)26-9-5-17(14-36-26)15-2-1-3-15/h4,6-8,10-13,15,17,26H,1-3,5,9,14H2. The van der Waals surface area contributed by atoms with Gasteiger partial charge in [0.15, 0.2) is 11.6 Å². The molecular weight excluding hydrogens is 501 g/mol. The first-order valence-electron chi connectivity index (χ1n) is 12.0. The van der Waals surface area contributed by atoms with Crippen LogP contribution in [0.2, 0.25) is 0 Å². The van der Waals surface area contributed by atoms with Crippen molar-refractivity contribution < 1.29 is 40.2 Å². The number of rotatable bonds is 6. The Morgan fingerprint density at radius 3 is 2.00 bits per heavy atom. The maximum absolute atomic E-state index is 15.0. The minimum atomic E-state index is -4.56. The van der Waals surface area contributed by atoms with Crippen LogP contribution in [0.4, 0.5) is 30.7 Å². The third-order valence-electron chi connectivity index (χ3n) is 7.27. The van der Waals surface area contributed by atoms with Gasteiger partial charge in [0.1, 0.15) is 28.8 Å². The Kier molecular flexibility index (Phi) is 6.91. The highest BCUT2D eigenvalue weighted by Gasteiger charge is 2.41. The summed E-state index contributed by atoms with van der Waals surface area (Å²) in [6.07, 6.45) is 0.561. The van der Waals surface area contributed by atoms with E-state index in [0.717, 1.165) is 12.8 Å². The minimum Gasteiger partial charge on any atom is -0.429 e. The molecule has 0 radical (unpaired) electrons. The molecule has 2 atom stereocenters. The quantitative estimate of drug-likeness (QED) is 0.301. The zero-order chi connectivity index (χ0) is 26.3. The zero-order valence-corrected chi connectivity index (χ0v) is 19.6. The van der Waals surface area contributed by atoms with Crippen molar-refractivity contribution in [2.75, 3.05) is 6.61 Å². The van der Waals surface area contributed by atoms with Crippen molar-refractivity contribution in [3.05, 3.63) is 88.7 Å².